The number of hydrogen-bond acceptors (Lipinski definition) is 0. The van der Waals surface area contributed by atoms with Gasteiger partial charge >= 0.3 is 0 Å². The molecule has 0 saturated heterocycles. The number of allylic oxidation sites excluding steroid dienone is 1. The molecule has 0 amide bonds. The van der Waals surface area contributed by atoms with E-state index in [0.717, 1.165) is 0 Å². The maximum atomic E-state index is 2.45. The number of fused-ring (bicyclic) bond motifs is 1. The molecule has 0 radical (unpaired) electrons. The molecule has 2 rings (SSSR count). The lowest BCUT2D eigenvalue weighted by Crippen LogP contribution is -2.34. The largest absolute Gasteiger partial charge is 0.0558 e. The van der Waals surface area contributed by atoms with Crippen molar-refractivity contribution in [2.45, 2.75) is 65.2 Å². The van der Waals surface area contributed by atoms with Crippen molar-refractivity contribution in [2.75, 3.05) is 0 Å². The zero-order valence-corrected chi connectivity index (χ0v) is 15.2. The fourth-order valence-electron chi connectivity index (χ4n) is 3.21. The summed E-state index contributed by atoms with van der Waals surface area (Å²) in [6, 6.07) is 4.89. The van der Waals surface area contributed by atoms with Crippen LogP contribution in [0, 0.1) is 6.92 Å². The van der Waals surface area contributed by atoms with Crippen LogP contribution in [0.1, 0.15) is 69.7 Å². The fraction of sp³-hybridized carbons (Fsp3) is 0.556. The van der Waals surface area contributed by atoms with Crippen LogP contribution in [-0.4, -0.2) is 0 Å². The normalized spacial score (nSPS) is 21.1. The summed E-state index contributed by atoms with van der Waals surface area (Å²) in [5, 5.41) is 0. The Morgan fingerprint density at radius 3 is 2.00 bits per heavy atom. The van der Waals surface area contributed by atoms with Crippen molar-refractivity contribution in [3.63, 3.8) is 0 Å². The minimum Gasteiger partial charge on any atom is -0.0558 e. The first-order valence-corrected chi connectivity index (χ1v) is 8.36. The van der Waals surface area contributed by atoms with E-state index in [4.69, 9.17) is 0 Å². The van der Waals surface area contributed by atoms with Crippen LogP contribution < -0.4 is 0 Å². The first kappa shape index (κ1) is 15.1. The average molecular weight is 368 g/mol. The SMILES string of the molecule is CC(=CI)c1cc2c(cc1C)C(C)(C)CCC2(C)C. The van der Waals surface area contributed by atoms with Gasteiger partial charge in [0.15, 0.2) is 0 Å². The lowest BCUT2D eigenvalue weighted by atomic mass is 9.62. The molecule has 1 aromatic carbocycles. The highest BCUT2D eigenvalue weighted by atomic mass is 127. The highest BCUT2D eigenvalue weighted by molar-refractivity contribution is 14.1. The Bertz CT molecular complexity index is 533. The van der Waals surface area contributed by atoms with Crippen molar-refractivity contribution in [2.24, 2.45) is 0 Å². The number of halogens is 1. The molecule has 0 aliphatic heterocycles. The molecule has 0 spiro atoms. The monoisotopic (exact) mass is 368 g/mol. The molecular formula is C18H25I. The number of rotatable bonds is 1. The minimum absolute atomic E-state index is 0.304. The Morgan fingerprint density at radius 1 is 1.05 bits per heavy atom. The molecular weight excluding hydrogens is 343 g/mol. The van der Waals surface area contributed by atoms with Crippen molar-refractivity contribution >= 4 is 28.2 Å². The van der Waals surface area contributed by atoms with Crippen molar-refractivity contribution in [1.82, 2.24) is 0 Å². The first-order valence-electron chi connectivity index (χ1n) is 7.12. The minimum atomic E-state index is 0.304. The van der Waals surface area contributed by atoms with E-state index in [-0.39, 0.29) is 0 Å². The van der Waals surface area contributed by atoms with E-state index in [1.807, 2.05) is 0 Å². The van der Waals surface area contributed by atoms with E-state index in [1.54, 1.807) is 11.1 Å². The molecule has 0 fully saturated rings. The van der Waals surface area contributed by atoms with Gasteiger partial charge in [-0.2, -0.15) is 0 Å². The van der Waals surface area contributed by atoms with Gasteiger partial charge in [-0.15, -0.1) is 0 Å². The molecule has 19 heavy (non-hydrogen) atoms. The molecule has 1 heteroatoms. The third kappa shape index (κ3) is 2.63. The second-order valence-corrected chi connectivity index (χ2v) is 7.90. The second kappa shape index (κ2) is 4.91. The highest BCUT2D eigenvalue weighted by Crippen LogP contribution is 2.47. The van der Waals surface area contributed by atoms with Gasteiger partial charge in [-0.05, 0) is 69.4 Å². The second-order valence-electron chi connectivity index (χ2n) is 7.27. The van der Waals surface area contributed by atoms with Gasteiger partial charge < -0.3 is 0 Å². The Balaban J connectivity index is 2.72. The molecule has 0 aromatic heterocycles. The maximum Gasteiger partial charge on any atom is -0.0100 e. The first-order chi connectivity index (χ1) is 8.69. The molecule has 1 aromatic rings. The third-order valence-corrected chi connectivity index (χ3v) is 5.72. The van der Waals surface area contributed by atoms with Gasteiger partial charge in [0, 0.05) is 0 Å². The van der Waals surface area contributed by atoms with Gasteiger partial charge in [-0.25, -0.2) is 0 Å². The lowest BCUT2D eigenvalue weighted by Gasteiger charge is -2.42. The van der Waals surface area contributed by atoms with Gasteiger partial charge in [-0.3, -0.25) is 0 Å². The summed E-state index contributed by atoms with van der Waals surface area (Å²) in [7, 11) is 0. The third-order valence-electron chi connectivity index (χ3n) is 4.79. The van der Waals surface area contributed by atoms with Crippen LogP contribution >= 0.6 is 22.6 Å². The van der Waals surface area contributed by atoms with E-state index < -0.39 is 0 Å². The highest BCUT2D eigenvalue weighted by Gasteiger charge is 2.37. The summed E-state index contributed by atoms with van der Waals surface area (Å²) in [5.41, 5.74) is 7.94. The van der Waals surface area contributed by atoms with Crippen LogP contribution in [0.3, 0.4) is 0 Å². The summed E-state index contributed by atoms with van der Waals surface area (Å²) >= 11 is 2.34. The topological polar surface area (TPSA) is 0 Å². The van der Waals surface area contributed by atoms with Gasteiger partial charge in [0.1, 0.15) is 0 Å². The predicted molar refractivity (Wildman–Crippen MR) is 94.1 cm³/mol. The smallest absolute Gasteiger partial charge is 0.0100 e. The van der Waals surface area contributed by atoms with Gasteiger partial charge in [-0.1, -0.05) is 62.4 Å². The molecule has 0 bridgehead atoms. The average Bonchev–Trinajstić information content (AvgIpc) is 2.34. The summed E-state index contributed by atoms with van der Waals surface area (Å²) < 4.78 is 2.19. The van der Waals surface area contributed by atoms with Gasteiger partial charge in [0.05, 0.1) is 0 Å². The number of hydrogen-bond donors (Lipinski definition) is 0. The zero-order valence-electron chi connectivity index (χ0n) is 13.0. The van der Waals surface area contributed by atoms with Crippen LogP contribution in [0.25, 0.3) is 5.57 Å². The van der Waals surface area contributed by atoms with Crippen molar-refractivity contribution < 1.29 is 0 Å². The molecule has 0 unspecified atom stereocenters. The number of benzene rings is 1. The summed E-state index contributed by atoms with van der Waals surface area (Å²) in [5.74, 6) is 0. The van der Waals surface area contributed by atoms with Crippen LogP contribution in [0.15, 0.2) is 16.2 Å². The predicted octanol–water partition coefficient (Wildman–Crippen LogP) is 6.14. The van der Waals surface area contributed by atoms with E-state index >= 15 is 0 Å². The zero-order chi connectivity index (χ0) is 14.4. The number of aryl methyl sites for hydroxylation is 1. The van der Waals surface area contributed by atoms with Crippen molar-refractivity contribution in [1.29, 1.82) is 0 Å². The summed E-state index contributed by atoms with van der Waals surface area (Å²) in [4.78, 5) is 0. The van der Waals surface area contributed by atoms with Crippen LogP contribution in [0.5, 0.6) is 0 Å². The molecule has 104 valence electrons. The Labute approximate surface area is 131 Å². The standard InChI is InChI=1S/C18H25I/c1-12-9-15-16(10-14(12)13(2)11-19)18(5,6)8-7-17(15,3)4/h9-11H,7-8H2,1-6H3. The molecule has 1 aliphatic rings. The van der Waals surface area contributed by atoms with Crippen molar-refractivity contribution in [3.8, 4) is 0 Å². The van der Waals surface area contributed by atoms with Crippen LogP contribution in [0.2, 0.25) is 0 Å². The molecule has 0 nitrogen and oxygen atoms in total. The maximum absolute atomic E-state index is 2.45. The van der Waals surface area contributed by atoms with E-state index in [0.29, 0.717) is 10.8 Å². The molecule has 1 aliphatic carbocycles. The van der Waals surface area contributed by atoms with Crippen LogP contribution in [-0.2, 0) is 10.8 Å². The van der Waals surface area contributed by atoms with Crippen LogP contribution in [0.4, 0.5) is 0 Å². The quantitative estimate of drug-likeness (QED) is 0.523. The molecule has 0 N–H and O–H groups in total. The van der Waals surface area contributed by atoms with Gasteiger partial charge in [0.25, 0.3) is 0 Å². The Morgan fingerprint density at radius 2 is 1.53 bits per heavy atom. The molecule has 0 heterocycles. The molecule has 0 saturated carbocycles. The Kier molecular flexibility index (Phi) is 3.90. The van der Waals surface area contributed by atoms with E-state index in [9.17, 15) is 0 Å². The van der Waals surface area contributed by atoms with Gasteiger partial charge in [0.2, 0.25) is 0 Å². The van der Waals surface area contributed by atoms with E-state index in [1.165, 1.54) is 29.5 Å². The summed E-state index contributed by atoms with van der Waals surface area (Å²) in [6.45, 7) is 14.0. The van der Waals surface area contributed by atoms with Crippen molar-refractivity contribution in [3.05, 3.63) is 38.5 Å². The molecule has 0 atom stereocenters. The Hall–Kier alpha value is -0.310. The fourth-order valence-corrected chi connectivity index (χ4v) is 3.54. The lowest BCUT2D eigenvalue weighted by molar-refractivity contribution is 0.331. The summed E-state index contributed by atoms with van der Waals surface area (Å²) in [6.07, 6.45) is 2.56. The van der Waals surface area contributed by atoms with E-state index in [2.05, 4.69) is 80.3 Å².